The number of aromatic nitrogens is 2. The second-order valence-corrected chi connectivity index (χ2v) is 8.44. The summed E-state index contributed by atoms with van der Waals surface area (Å²) in [6.07, 6.45) is -2.19. The molecule has 2 heterocycles. The first-order valence-corrected chi connectivity index (χ1v) is 11.6. The normalized spacial score (nSPS) is 13.8. The molecule has 1 aliphatic heterocycles. The Morgan fingerprint density at radius 3 is 2.53 bits per heavy atom. The topological polar surface area (TPSA) is 88.6 Å². The van der Waals surface area contributed by atoms with Crippen molar-refractivity contribution in [3.8, 4) is 11.5 Å². The molecule has 3 aromatic rings. The number of hydrogen-bond donors (Lipinski definition) is 2. The molecule has 0 radical (unpaired) electrons. The zero-order chi connectivity index (χ0) is 25.7. The maximum atomic E-state index is 13.1. The van der Waals surface area contributed by atoms with Crippen molar-refractivity contribution >= 4 is 28.6 Å². The smallest absolute Gasteiger partial charge is 0.416 e. The summed E-state index contributed by atoms with van der Waals surface area (Å²) in [4.78, 5) is 22.8. The van der Waals surface area contributed by atoms with Crippen molar-refractivity contribution in [1.29, 1.82) is 0 Å². The molecule has 11 heteroatoms. The first kappa shape index (κ1) is 25.3. The number of nitrogens with one attached hydrogen (secondary N) is 2. The number of rotatable bonds is 10. The Balaban J connectivity index is 1.56. The van der Waals surface area contributed by atoms with Crippen LogP contribution in [0.1, 0.15) is 30.4 Å². The molecule has 1 aliphatic rings. The molecule has 0 aliphatic carbocycles. The van der Waals surface area contributed by atoms with Gasteiger partial charge >= 0.3 is 6.18 Å². The van der Waals surface area contributed by atoms with E-state index in [4.69, 9.17) is 9.47 Å². The minimum Gasteiger partial charge on any atom is -0.493 e. The van der Waals surface area contributed by atoms with Crippen molar-refractivity contribution in [3.05, 3.63) is 47.5 Å². The van der Waals surface area contributed by atoms with Crippen LogP contribution in [0, 0.1) is 0 Å². The molecule has 1 fully saturated rings. The monoisotopic (exact) mass is 503 g/mol. The van der Waals surface area contributed by atoms with Crippen LogP contribution >= 0.6 is 0 Å². The van der Waals surface area contributed by atoms with Crippen molar-refractivity contribution in [2.45, 2.75) is 32.0 Å². The molecule has 0 spiro atoms. The third kappa shape index (κ3) is 5.89. The van der Waals surface area contributed by atoms with E-state index in [-0.39, 0.29) is 12.5 Å². The number of methoxy groups -OCH3 is 2. The number of amides is 1. The van der Waals surface area contributed by atoms with Crippen molar-refractivity contribution in [3.63, 3.8) is 0 Å². The van der Waals surface area contributed by atoms with Crippen LogP contribution in [-0.4, -0.2) is 54.6 Å². The highest BCUT2D eigenvalue weighted by molar-refractivity contribution is 5.92. The quantitative estimate of drug-likeness (QED) is 0.388. The van der Waals surface area contributed by atoms with Crippen molar-refractivity contribution in [2.24, 2.45) is 0 Å². The fraction of sp³-hybridized carbons (Fsp3) is 0.400. The lowest BCUT2D eigenvalue weighted by atomic mass is 10.1. The van der Waals surface area contributed by atoms with Gasteiger partial charge in [0.2, 0.25) is 11.9 Å². The van der Waals surface area contributed by atoms with Gasteiger partial charge in [-0.05, 0) is 36.6 Å². The Hall–Kier alpha value is -3.76. The molecule has 0 unspecified atom stereocenters. The number of likely N-dealkylation sites (tertiary alicyclic amines) is 1. The van der Waals surface area contributed by atoms with Crippen LogP contribution in [0.4, 0.5) is 24.9 Å². The molecule has 0 atom stereocenters. The number of benzene rings is 2. The summed E-state index contributed by atoms with van der Waals surface area (Å²) in [6, 6.07) is 8.60. The molecule has 1 saturated heterocycles. The van der Waals surface area contributed by atoms with E-state index < -0.39 is 11.7 Å². The van der Waals surface area contributed by atoms with Gasteiger partial charge in [-0.15, -0.1) is 0 Å². The van der Waals surface area contributed by atoms with Crippen molar-refractivity contribution in [1.82, 2.24) is 14.9 Å². The van der Waals surface area contributed by atoms with Crippen LogP contribution in [-0.2, 0) is 17.5 Å². The van der Waals surface area contributed by atoms with Gasteiger partial charge in [0.1, 0.15) is 5.82 Å². The van der Waals surface area contributed by atoms with Gasteiger partial charge in [-0.1, -0.05) is 12.1 Å². The number of hydrogen-bond acceptors (Lipinski definition) is 7. The van der Waals surface area contributed by atoms with Gasteiger partial charge in [0.15, 0.2) is 11.5 Å². The van der Waals surface area contributed by atoms with Gasteiger partial charge in [-0.2, -0.15) is 18.2 Å². The largest absolute Gasteiger partial charge is 0.493 e. The highest BCUT2D eigenvalue weighted by Crippen LogP contribution is 2.35. The molecule has 4 rings (SSSR count). The fourth-order valence-electron chi connectivity index (χ4n) is 4.12. The molecule has 0 bridgehead atoms. The number of carbonyl (C=O) groups is 1. The molecular weight excluding hydrogens is 475 g/mol. The Labute approximate surface area is 206 Å². The van der Waals surface area contributed by atoms with Crippen LogP contribution < -0.4 is 20.1 Å². The molecule has 1 amide bonds. The lowest BCUT2D eigenvalue weighted by Gasteiger charge is -2.16. The minimum atomic E-state index is -4.42. The van der Waals surface area contributed by atoms with Gasteiger partial charge in [0.25, 0.3) is 0 Å². The summed E-state index contributed by atoms with van der Waals surface area (Å²) < 4.78 is 50.1. The molecule has 8 nitrogen and oxygen atoms in total. The summed E-state index contributed by atoms with van der Waals surface area (Å²) in [7, 11) is 3.04. The third-order valence-electron chi connectivity index (χ3n) is 5.97. The number of halogens is 3. The van der Waals surface area contributed by atoms with Crippen molar-refractivity contribution < 1.29 is 27.4 Å². The van der Waals surface area contributed by atoms with Crippen LogP contribution in [0.25, 0.3) is 10.9 Å². The minimum absolute atomic E-state index is 0.126. The Kier molecular flexibility index (Phi) is 7.66. The summed E-state index contributed by atoms with van der Waals surface area (Å²) in [5.74, 6) is 1.95. The molecule has 0 saturated carbocycles. The first-order chi connectivity index (χ1) is 17.3. The lowest BCUT2D eigenvalue weighted by molar-refractivity contribution is -0.137. The highest BCUT2D eigenvalue weighted by Gasteiger charge is 2.30. The van der Waals surface area contributed by atoms with E-state index in [1.807, 2.05) is 4.90 Å². The molecule has 2 N–H and O–H groups in total. The Morgan fingerprint density at radius 1 is 1.06 bits per heavy atom. The van der Waals surface area contributed by atoms with E-state index in [1.54, 1.807) is 18.2 Å². The van der Waals surface area contributed by atoms with E-state index in [0.717, 1.165) is 31.5 Å². The second kappa shape index (κ2) is 10.9. The molecule has 2 aromatic carbocycles. The molecule has 1 aromatic heterocycles. The van der Waals surface area contributed by atoms with E-state index in [2.05, 4.69) is 20.6 Å². The zero-order valence-corrected chi connectivity index (χ0v) is 20.1. The summed E-state index contributed by atoms with van der Waals surface area (Å²) in [5.41, 5.74) is 0.327. The average molecular weight is 504 g/mol. The zero-order valence-electron chi connectivity index (χ0n) is 20.1. The standard InChI is InChI=1S/C25H28F3N5O3/c1-35-20-13-18-19(14-21(20)36-2)31-24(29-9-5-11-33-10-4-8-22(33)34)32-23(18)30-15-16-6-3-7-17(12-16)25(26,27)28/h3,6-7,12-14H,4-5,8-11,15H2,1-2H3,(H2,29,30,31,32). The Bertz CT molecular complexity index is 1240. The number of fused-ring (bicyclic) bond motifs is 1. The van der Waals surface area contributed by atoms with Gasteiger partial charge in [-0.3, -0.25) is 4.79 Å². The summed E-state index contributed by atoms with van der Waals surface area (Å²) in [6.45, 7) is 2.12. The van der Waals surface area contributed by atoms with Gasteiger partial charge < -0.3 is 25.0 Å². The number of alkyl halides is 3. The van der Waals surface area contributed by atoms with Crippen molar-refractivity contribution in [2.75, 3.05) is 44.5 Å². The molecule has 36 heavy (non-hydrogen) atoms. The Morgan fingerprint density at radius 2 is 1.83 bits per heavy atom. The first-order valence-electron chi connectivity index (χ1n) is 11.6. The van der Waals surface area contributed by atoms with E-state index in [9.17, 15) is 18.0 Å². The number of anilines is 2. The average Bonchev–Trinajstić information content (AvgIpc) is 3.28. The van der Waals surface area contributed by atoms with Gasteiger partial charge in [0, 0.05) is 44.1 Å². The molecular formula is C25H28F3N5O3. The maximum absolute atomic E-state index is 13.1. The fourth-order valence-corrected chi connectivity index (χ4v) is 4.12. The number of ether oxygens (including phenoxy) is 2. The predicted octanol–water partition coefficient (Wildman–Crippen LogP) is 4.70. The van der Waals surface area contributed by atoms with E-state index >= 15 is 0 Å². The summed E-state index contributed by atoms with van der Waals surface area (Å²) in [5, 5.41) is 6.97. The number of nitrogens with zero attached hydrogens (tertiary/aromatic N) is 3. The third-order valence-corrected chi connectivity index (χ3v) is 5.97. The number of carbonyl (C=O) groups excluding carboxylic acids is 1. The van der Waals surface area contributed by atoms with E-state index in [1.165, 1.54) is 20.3 Å². The molecule has 192 valence electrons. The van der Waals surface area contributed by atoms with Crippen LogP contribution in [0.2, 0.25) is 0 Å². The van der Waals surface area contributed by atoms with Gasteiger partial charge in [-0.25, -0.2) is 4.98 Å². The summed E-state index contributed by atoms with van der Waals surface area (Å²) >= 11 is 0. The second-order valence-electron chi connectivity index (χ2n) is 8.44. The van der Waals surface area contributed by atoms with Crippen LogP contribution in [0.5, 0.6) is 11.5 Å². The van der Waals surface area contributed by atoms with E-state index in [0.29, 0.717) is 59.2 Å². The maximum Gasteiger partial charge on any atom is 0.416 e. The van der Waals surface area contributed by atoms with Gasteiger partial charge in [0.05, 0.1) is 25.3 Å². The van der Waals surface area contributed by atoms with Crippen LogP contribution in [0.3, 0.4) is 0 Å². The SMILES string of the molecule is COc1cc2nc(NCCCN3CCCC3=O)nc(NCc3cccc(C(F)(F)F)c3)c2cc1OC. The van der Waals surface area contributed by atoms with Crippen LogP contribution in [0.15, 0.2) is 36.4 Å². The lowest BCUT2D eigenvalue weighted by Crippen LogP contribution is -2.27. The highest BCUT2D eigenvalue weighted by atomic mass is 19.4. The predicted molar refractivity (Wildman–Crippen MR) is 130 cm³/mol.